The average molecular weight is 469 g/mol. The van der Waals surface area contributed by atoms with E-state index in [9.17, 15) is 9.59 Å². The SMILES string of the molecule is CC(C)(C)OC(=O)NCCCNC(=O)c1ccc2[nH]nc(-c3nc4ccc(Cl)cc4[nH]3)c2c1. The first-order valence-corrected chi connectivity index (χ1v) is 11.0. The lowest BCUT2D eigenvalue weighted by Gasteiger charge is -2.19. The first-order valence-electron chi connectivity index (χ1n) is 10.6. The van der Waals surface area contributed by atoms with E-state index in [1.165, 1.54) is 0 Å². The van der Waals surface area contributed by atoms with E-state index < -0.39 is 11.7 Å². The molecule has 10 heteroatoms. The van der Waals surface area contributed by atoms with Gasteiger partial charge in [0.25, 0.3) is 5.91 Å². The van der Waals surface area contributed by atoms with Crippen LogP contribution in [0.2, 0.25) is 5.02 Å². The lowest BCUT2D eigenvalue weighted by Crippen LogP contribution is -2.34. The fourth-order valence-electron chi connectivity index (χ4n) is 3.33. The molecule has 172 valence electrons. The Morgan fingerprint density at radius 2 is 1.85 bits per heavy atom. The van der Waals surface area contributed by atoms with Gasteiger partial charge < -0.3 is 20.4 Å². The maximum Gasteiger partial charge on any atom is 0.407 e. The third-order valence-corrected chi connectivity index (χ3v) is 5.04. The molecule has 0 aliphatic rings. The molecule has 0 atom stereocenters. The van der Waals surface area contributed by atoms with Crippen LogP contribution in [0.5, 0.6) is 0 Å². The number of fused-ring (bicyclic) bond motifs is 2. The fourth-order valence-corrected chi connectivity index (χ4v) is 3.50. The van der Waals surface area contributed by atoms with Crippen molar-refractivity contribution in [1.82, 2.24) is 30.8 Å². The average Bonchev–Trinajstić information content (AvgIpc) is 3.34. The van der Waals surface area contributed by atoms with Crippen molar-refractivity contribution in [2.45, 2.75) is 32.8 Å². The Morgan fingerprint density at radius 3 is 2.64 bits per heavy atom. The van der Waals surface area contributed by atoms with E-state index >= 15 is 0 Å². The molecule has 4 rings (SSSR count). The summed E-state index contributed by atoms with van der Waals surface area (Å²) >= 11 is 6.06. The fraction of sp³-hybridized carbons (Fsp3) is 0.304. The van der Waals surface area contributed by atoms with Crippen molar-refractivity contribution < 1.29 is 14.3 Å². The van der Waals surface area contributed by atoms with Gasteiger partial charge in [0.2, 0.25) is 0 Å². The van der Waals surface area contributed by atoms with Gasteiger partial charge in [0, 0.05) is 29.1 Å². The summed E-state index contributed by atoms with van der Waals surface area (Å²) in [5.41, 5.74) is 2.96. The number of alkyl carbamates (subject to hydrolysis) is 1. The molecular formula is C23H25ClN6O3. The van der Waals surface area contributed by atoms with Crippen LogP contribution in [0.4, 0.5) is 4.79 Å². The van der Waals surface area contributed by atoms with Gasteiger partial charge in [0.1, 0.15) is 11.3 Å². The quantitative estimate of drug-likeness (QED) is 0.312. The minimum Gasteiger partial charge on any atom is -0.444 e. The Labute approximate surface area is 195 Å². The molecule has 0 aliphatic heterocycles. The molecule has 0 bridgehead atoms. The van der Waals surface area contributed by atoms with Crippen LogP contribution < -0.4 is 10.6 Å². The molecule has 0 radical (unpaired) electrons. The predicted octanol–water partition coefficient (Wildman–Crippen LogP) is 4.40. The summed E-state index contributed by atoms with van der Waals surface area (Å²) in [6.07, 6.45) is 0.103. The number of benzene rings is 2. The van der Waals surface area contributed by atoms with Gasteiger partial charge in [-0.2, -0.15) is 5.10 Å². The minimum atomic E-state index is -0.543. The van der Waals surface area contributed by atoms with Gasteiger partial charge in [0.15, 0.2) is 5.82 Å². The van der Waals surface area contributed by atoms with Crippen molar-refractivity contribution in [3.63, 3.8) is 0 Å². The first-order chi connectivity index (χ1) is 15.7. The van der Waals surface area contributed by atoms with Gasteiger partial charge in [-0.1, -0.05) is 11.6 Å². The molecule has 4 aromatic rings. The Kier molecular flexibility index (Phi) is 6.24. The zero-order valence-electron chi connectivity index (χ0n) is 18.6. The van der Waals surface area contributed by atoms with Gasteiger partial charge in [-0.25, -0.2) is 9.78 Å². The molecule has 0 spiro atoms. The van der Waals surface area contributed by atoms with Gasteiger partial charge >= 0.3 is 6.09 Å². The van der Waals surface area contributed by atoms with E-state index in [0.717, 1.165) is 21.9 Å². The summed E-state index contributed by atoms with van der Waals surface area (Å²) in [6.45, 7) is 6.22. The number of carbonyl (C=O) groups excluding carboxylic acids is 2. The maximum atomic E-state index is 12.6. The van der Waals surface area contributed by atoms with Crippen LogP contribution in [0.25, 0.3) is 33.5 Å². The molecule has 0 saturated carbocycles. The first kappa shape index (κ1) is 22.6. The van der Waals surface area contributed by atoms with Crippen LogP contribution in [-0.4, -0.2) is 50.9 Å². The molecule has 9 nitrogen and oxygen atoms in total. The largest absolute Gasteiger partial charge is 0.444 e. The van der Waals surface area contributed by atoms with Crippen LogP contribution >= 0.6 is 11.6 Å². The number of H-pyrrole nitrogens is 2. The lowest BCUT2D eigenvalue weighted by molar-refractivity contribution is 0.0527. The Hall–Kier alpha value is -3.59. The Balaban J connectivity index is 1.40. The van der Waals surface area contributed by atoms with Crippen molar-refractivity contribution in [2.24, 2.45) is 0 Å². The molecule has 2 aromatic heterocycles. The second-order valence-corrected chi connectivity index (χ2v) is 9.05. The highest BCUT2D eigenvalue weighted by Crippen LogP contribution is 2.28. The number of imidazole rings is 1. The van der Waals surface area contributed by atoms with Gasteiger partial charge in [-0.05, 0) is 63.6 Å². The smallest absolute Gasteiger partial charge is 0.407 e. The highest BCUT2D eigenvalue weighted by Gasteiger charge is 2.16. The van der Waals surface area contributed by atoms with Gasteiger partial charge in [-0.15, -0.1) is 0 Å². The van der Waals surface area contributed by atoms with E-state index in [4.69, 9.17) is 16.3 Å². The van der Waals surface area contributed by atoms with E-state index in [2.05, 4.69) is 30.8 Å². The number of aromatic nitrogens is 4. The van der Waals surface area contributed by atoms with Gasteiger partial charge in [-0.3, -0.25) is 9.89 Å². The number of aromatic amines is 2. The van der Waals surface area contributed by atoms with Crippen LogP contribution in [0, 0.1) is 0 Å². The number of hydrogen-bond donors (Lipinski definition) is 4. The normalized spacial score (nSPS) is 11.6. The van der Waals surface area contributed by atoms with E-state index in [0.29, 0.717) is 41.6 Å². The molecule has 0 aliphatic carbocycles. The minimum absolute atomic E-state index is 0.210. The molecule has 33 heavy (non-hydrogen) atoms. The third-order valence-electron chi connectivity index (χ3n) is 4.80. The standard InChI is InChI=1S/C23H25ClN6O3/c1-23(2,3)33-22(32)26-10-4-9-25-21(31)13-5-7-16-15(11-13)19(30-29-16)20-27-17-8-6-14(24)12-18(17)28-20/h5-8,11-12H,4,9-10H2,1-3H3,(H,25,31)(H,26,32)(H,27,28)(H,29,30). The molecule has 4 N–H and O–H groups in total. The highest BCUT2D eigenvalue weighted by atomic mass is 35.5. The van der Waals surface area contributed by atoms with Crippen molar-refractivity contribution >= 4 is 45.5 Å². The lowest BCUT2D eigenvalue weighted by atomic mass is 10.1. The molecule has 0 saturated heterocycles. The Morgan fingerprint density at radius 1 is 1.06 bits per heavy atom. The van der Waals surface area contributed by atoms with E-state index in [1.807, 2.05) is 12.1 Å². The molecule has 2 aromatic carbocycles. The summed E-state index contributed by atoms with van der Waals surface area (Å²) in [4.78, 5) is 32.1. The second-order valence-electron chi connectivity index (χ2n) is 8.62. The number of ether oxygens (including phenoxy) is 1. The predicted molar refractivity (Wildman–Crippen MR) is 127 cm³/mol. The van der Waals surface area contributed by atoms with Crippen LogP contribution in [0.15, 0.2) is 36.4 Å². The number of carbonyl (C=O) groups is 2. The number of nitrogens with one attached hydrogen (secondary N) is 4. The summed E-state index contributed by atoms with van der Waals surface area (Å²) in [5.74, 6) is 0.377. The third kappa shape index (κ3) is 5.43. The molecule has 2 amide bonds. The molecule has 2 heterocycles. The van der Waals surface area contributed by atoms with Crippen LogP contribution in [0.3, 0.4) is 0 Å². The van der Waals surface area contributed by atoms with Gasteiger partial charge in [0.05, 0.1) is 16.6 Å². The highest BCUT2D eigenvalue weighted by molar-refractivity contribution is 6.31. The number of hydrogen-bond acceptors (Lipinski definition) is 5. The molecule has 0 fully saturated rings. The number of nitrogens with zero attached hydrogens (tertiary/aromatic N) is 2. The summed E-state index contributed by atoms with van der Waals surface area (Å²) in [7, 11) is 0. The summed E-state index contributed by atoms with van der Waals surface area (Å²) < 4.78 is 5.18. The van der Waals surface area contributed by atoms with E-state index in [1.54, 1.807) is 45.0 Å². The molecular weight excluding hydrogens is 444 g/mol. The monoisotopic (exact) mass is 468 g/mol. The number of amides is 2. The summed E-state index contributed by atoms with van der Waals surface area (Å²) in [6, 6.07) is 10.7. The molecule has 0 unspecified atom stereocenters. The summed E-state index contributed by atoms with van der Waals surface area (Å²) in [5, 5.41) is 14.3. The maximum absolute atomic E-state index is 12.6. The van der Waals surface area contributed by atoms with Crippen molar-refractivity contribution in [2.75, 3.05) is 13.1 Å². The van der Waals surface area contributed by atoms with Crippen molar-refractivity contribution in [1.29, 1.82) is 0 Å². The Bertz CT molecular complexity index is 1320. The van der Waals surface area contributed by atoms with Crippen molar-refractivity contribution in [3.05, 3.63) is 47.0 Å². The topological polar surface area (TPSA) is 125 Å². The second kappa shape index (κ2) is 9.11. The van der Waals surface area contributed by atoms with Crippen LogP contribution in [0.1, 0.15) is 37.6 Å². The van der Waals surface area contributed by atoms with E-state index in [-0.39, 0.29) is 5.91 Å². The van der Waals surface area contributed by atoms with Crippen molar-refractivity contribution in [3.8, 4) is 11.5 Å². The zero-order valence-corrected chi connectivity index (χ0v) is 19.3. The number of rotatable bonds is 6. The number of halogens is 1. The zero-order chi connectivity index (χ0) is 23.6. The van der Waals surface area contributed by atoms with Crippen LogP contribution in [-0.2, 0) is 4.74 Å².